The molecule has 36 heavy (non-hydrogen) atoms. The van der Waals surface area contributed by atoms with Crippen LogP contribution in [0.3, 0.4) is 0 Å². The fourth-order valence-electron chi connectivity index (χ4n) is 4.26. The van der Waals surface area contributed by atoms with E-state index in [-0.39, 0.29) is 11.7 Å². The summed E-state index contributed by atoms with van der Waals surface area (Å²) in [5.41, 5.74) is 8.10. The van der Waals surface area contributed by atoms with Gasteiger partial charge in [-0.25, -0.2) is 9.37 Å². The van der Waals surface area contributed by atoms with Crippen molar-refractivity contribution in [2.45, 2.75) is 33.4 Å². The SMILES string of the molecule is Cc1cc2nc(Cc3ccc(F)cc3)n(Cc3ccc(C(=O)NCc4ccncc4)cc3)c2cc1C. The van der Waals surface area contributed by atoms with E-state index in [1.807, 2.05) is 36.4 Å². The largest absolute Gasteiger partial charge is 0.348 e. The van der Waals surface area contributed by atoms with Crippen LogP contribution in [0.1, 0.15) is 44.0 Å². The van der Waals surface area contributed by atoms with Gasteiger partial charge >= 0.3 is 0 Å². The number of halogens is 1. The molecule has 0 unspecified atom stereocenters. The quantitative estimate of drug-likeness (QED) is 0.324. The molecule has 2 aromatic heterocycles. The zero-order valence-electron chi connectivity index (χ0n) is 20.3. The second-order valence-electron chi connectivity index (χ2n) is 9.08. The van der Waals surface area contributed by atoms with Gasteiger partial charge in [0.15, 0.2) is 0 Å². The Bertz CT molecular complexity index is 1510. The summed E-state index contributed by atoms with van der Waals surface area (Å²) in [5, 5.41) is 2.95. The molecule has 1 amide bonds. The van der Waals surface area contributed by atoms with Crippen molar-refractivity contribution in [3.05, 3.63) is 130 Å². The Morgan fingerprint density at radius 2 is 1.53 bits per heavy atom. The number of hydrogen-bond donors (Lipinski definition) is 1. The van der Waals surface area contributed by atoms with Crippen molar-refractivity contribution in [3.8, 4) is 0 Å². The Labute approximate surface area is 209 Å². The fourth-order valence-corrected chi connectivity index (χ4v) is 4.26. The minimum atomic E-state index is -0.247. The van der Waals surface area contributed by atoms with Gasteiger partial charge in [0.25, 0.3) is 5.91 Å². The average molecular weight is 479 g/mol. The maximum atomic E-state index is 13.4. The topological polar surface area (TPSA) is 59.8 Å². The van der Waals surface area contributed by atoms with Crippen LogP contribution < -0.4 is 5.32 Å². The Hall–Kier alpha value is -4.32. The van der Waals surface area contributed by atoms with Crippen molar-refractivity contribution in [1.82, 2.24) is 19.9 Å². The van der Waals surface area contributed by atoms with Crippen LogP contribution in [0, 0.1) is 19.7 Å². The van der Waals surface area contributed by atoms with Gasteiger partial charge in [0.05, 0.1) is 11.0 Å². The number of fused-ring (bicyclic) bond motifs is 1. The van der Waals surface area contributed by atoms with Crippen LogP contribution in [-0.2, 0) is 19.5 Å². The number of amides is 1. The van der Waals surface area contributed by atoms with Crippen LogP contribution in [0.5, 0.6) is 0 Å². The summed E-state index contributed by atoms with van der Waals surface area (Å²) in [5.74, 6) is 0.554. The van der Waals surface area contributed by atoms with Crippen LogP contribution in [0.2, 0.25) is 0 Å². The summed E-state index contributed by atoms with van der Waals surface area (Å²) < 4.78 is 15.6. The monoisotopic (exact) mass is 478 g/mol. The number of rotatable bonds is 7. The zero-order valence-corrected chi connectivity index (χ0v) is 20.3. The molecule has 6 heteroatoms. The lowest BCUT2D eigenvalue weighted by atomic mass is 10.1. The predicted octanol–water partition coefficient (Wildman–Crippen LogP) is 5.76. The Morgan fingerprint density at radius 3 is 2.25 bits per heavy atom. The number of imidazole rings is 1. The lowest BCUT2D eigenvalue weighted by Gasteiger charge is -2.11. The van der Waals surface area contributed by atoms with Gasteiger partial charge in [0.1, 0.15) is 11.6 Å². The molecule has 0 saturated heterocycles. The molecular formula is C30H27FN4O. The van der Waals surface area contributed by atoms with E-state index >= 15 is 0 Å². The minimum Gasteiger partial charge on any atom is -0.348 e. The van der Waals surface area contributed by atoms with Gasteiger partial charge in [0, 0.05) is 37.5 Å². The van der Waals surface area contributed by atoms with E-state index in [9.17, 15) is 9.18 Å². The summed E-state index contributed by atoms with van der Waals surface area (Å²) in [6.45, 7) is 5.26. The van der Waals surface area contributed by atoms with Crippen LogP contribution in [-0.4, -0.2) is 20.4 Å². The molecule has 5 rings (SSSR count). The number of carbonyl (C=O) groups excluding carboxylic acids is 1. The molecule has 0 spiro atoms. The first-order valence-electron chi connectivity index (χ1n) is 11.9. The smallest absolute Gasteiger partial charge is 0.251 e. The number of aromatic nitrogens is 3. The molecule has 3 aromatic carbocycles. The van der Waals surface area contributed by atoms with Gasteiger partial charge in [-0.2, -0.15) is 0 Å². The van der Waals surface area contributed by atoms with Gasteiger partial charge in [-0.05, 0) is 90.2 Å². The molecular weight excluding hydrogens is 451 g/mol. The maximum absolute atomic E-state index is 13.4. The van der Waals surface area contributed by atoms with Gasteiger partial charge < -0.3 is 9.88 Å². The third-order valence-electron chi connectivity index (χ3n) is 6.48. The molecule has 1 N–H and O–H groups in total. The Kier molecular flexibility index (Phi) is 6.58. The van der Waals surface area contributed by atoms with E-state index in [0.717, 1.165) is 33.5 Å². The van der Waals surface area contributed by atoms with E-state index in [4.69, 9.17) is 4.98 Å². The lowest BCUT2D eigenvalue weighted by Crippen LogP contribution is -2.22. The Morgan fingerprint density at radius 1 is 0.861 bits per heavy atom. The predicted molar refractivity (Wildman–Crippen MR) is 139 cm³/mol. The van der Waals surface area contributed by atoms with Crippen molar-refractivity contribution in [2.75, 3.05) is 0 Å². The summed E-state index contributed by atoms with van der Waals surface area (Å²) in [6.07, 6.45) is 4.02. The number of benzene rings is 3. The minimum absolute atomic E-state index is 0.116. The third kappa shape index (κ3) is 5.18. The van der Waals surface area contributed by atoms with Crippen molar-refractivity contribution in [3.63, 3.8) is 0 Å². The lowest BCUT2D eigenvalue weighted by molar-refractivity contribution is 0.0951. The van der Waals surface area contributed by atoms with Crippen LogP contribution >= 0.6 is 0 Å². The summed E-state index contributed by atoms with van der Waals surface area (Å²) in [7, 11) is 0. The average Bonchev–Trinajstić information content (AvgIpc) is 3.20. The molecule has 0 saturated carbocycles. The van der Waals surface area contributed by atoms with Crippen molar-refractivity contribution in [2.24, 2.45) is 0 Å². The number of pyridine rings is 1. The molecule has 0 aliphatic carbocycles. The second-order valence-corrected chi connectivity index (χ2v) is 9.08. The highest BCUT2D eigenvalue weighted by atomic mass is 19.1. The van der Waals surface area contributed by atoms with E-state index in [2.05, 4.69) is 40.8 Å². The number of nitrogens with one attached hydrogen (secondary N) is 1. The van der Waals surface area contributed by atoms with Crippen LogP contribution in [0.4, 0.5) is 4.39 Å². The van der Waals surface area contributed by atoms with E-state index < -0.39 is 0 Å². The Balaban J connectivity index is 1.39. The standard InChI is InChI=1S/C30H27FN4O/c1-20-15-27-28(16-21(20)2)35(29(34-27)17-22-5-9-26(31)10-6-22)19-24-3-7-25(8-4-24)30(36)33-18-23-11-13-32-14-12-23/h3-16H,17-19H2,1-2H3,(H,33,36). The fraction of sp³-hybridized carbons (Fsp3) is 0.167. The van der Waals surface area contributed by atoms with Gasteiger partial charge in [-0.3, -0.25) is 9.78 Å². The highest BCUT2D eigenvalue weighted by Crippen LogP contribution is 2.24. The summed E-state index contributed by atoms with van der Waals surface area (Å²) in [6, 6.07) is 22.3. The number of nitrogens with zero attached hydrogens (tertiary/aromatic N) is 3. The molecule has 0 radical (unpaired) electrons. The third-order valence-corrected chi connectivity index (χ3v) is 6.48. The molecule has 0 atom stereocenters. The molecule has 5 nitrogen and oxygen atoms in total. The van der Waals surface area contributed by atoms with E-state index in [1.54, 1.807) is 24.5 Å². The zero-order chi connectivity index (χ0) is 25.1. The van der Waals surface area contributed by atoms with Gasteiger partial charge in [-0.1, -0.05) is 24.3 Å². The molecule has 2 heterocycles. The highest BCUT2D eigenvalue weighted by molar-refractivity contribution is 5.94. The normalized spacial score (nSPS) is 11.1. The summed E-state index contributed by atoms with van der Waals surface area (Å²) in [4.78, 5) is 21.5. The maximum Gasteiger partial charge on any atom is 0.251 e. The second kappa shape index (κ2) is 10.1. The number of aryl methyl sites for hydroxylation is 2. The van der Waals surface area contributed by atoms with E-state index in [1.165, 1.54) is 23.3 Å². The summed E-state index contributed by atoms with van der Waals surface area (Å²) >= 11 is 0. The molecule has 0 fully saturated rings. The van der Waals surface area contributed by atoms with Gasteiger partial charge in [-0.15, -0.1) is 0 Å². The van der Waals surface area contributed by atoms with Gasteiger partial charge in [0.2, 0.25) is 0 Å². The molecule has 0 bridgehead atoms. The molecule has 180 valence electrons. The van der Waals surface area contributed by atoms with Crippen molar-refractivity contribution >= 4 is 16.9 Å². The van der Waals surface area contributed by atoms with Crippen LogP contribution in [0.25, 0.3) is 11.0 Å². The number of carbonyl (C=O) groups is 1. The first kappa shape index (κ1) is 23.4. The van der Waals surface area contributed by atoms with Crippen LogP contribution in [0.15, 0.2) is 85.2 Å². The molecule has 5 aromatic rings. The van der Waals surface area contributed by atoms with Crippen molar-refractivity contribution < 1.29 is 9.18 Å². The highest BCUT2D eigenvalue weighted by Gasteiger charge is 2.14. The van der Waals surface area contributed by atoms with E-state index in [0.29, 0.717) is 25.1 Å². The molecule has 0 aliphatic rings. The van der Waals surface area contributed by atoms with Crippen molar-refractivity contribution in [1.29, 1.82) is 0 Å². The molecule has 0 aliphatic heterocycles. The first-order valence-corrected chi connectivity index (χ1v) is 11.9. The number of hydrogen-bond acceptors (Lipinski definition) is 3. The first-order chi connectivity index (χ1) is 17.5.